The molecule has 1 heterocycles. The molecule has 0 aliphatic rings. The van der Waals surface area contributed by atoms with Crippen LogP contribution in [-0.4, -0.2) is 35.6 Å². The zero-order valence-electron chi connectivity index (χ0n) is 13.3. The number of hydrogen-bond acceptors (Lipinski definition) is 5. The molecule has 6 heteroatoms. The van der Waals surface area contributed by atoms with Crippen molar-refractivity contribution in [2.24, 2.45) is 0 Å². The molecule has 2 rings (SSSR count). The zero-order chi connectivity index (χ0) is 16.5. The molecule has 0 saturated heterocycles. The quantitative estimate of drug-likeness (QED) is 0.573. The van der Waals surface area contributed by atoms with Crippen molar-refractivity contribution in [3.63, 3.8) is 0 Å². The van der Waals surface area contributed by atoms with E-state index in [0.717, 1.165) is 24.1 Å². The molecule has 0 spiro atoms. The fraction of sp³-hybridized carbons (Fsp3) is 0.312. The number of carbonyl (C=O) groups is 1. The van der Waals surface area contributed by atoms with Crippen LogP contribution >= 0.6 is 0 Å². The van der Waals surface area contributed by atoms with Gasteiger partial charge in [-0.25, -0.2) is 9.97 Å². The number of rotatable bonds is 5. The lowest BCUT2D eigenvalue weighted by Gasteiger charge is -2.16. The number of aryl methyl sites for hydroxylation is 2. The first-order valence-electron chi connectivity index (χ1n) is 6.88. The fourth-order valence-electron chi connectivity index (χ4n) is 2.08. The Hall–Kier alpha value is -2.31. The number of hydrogen-bond donors (Lipinski definition) is 3. The molecule has 22 heavy (non-hydrogen) atoms. The molecule has 0 aliphatic carbocycles. The van der Waals surface area contributed by atoms with Crippen LogP contribution in [0.2, 0.25) is 0 Å². The van der Waals surface area contributed by atoms with E-state index in [1.54, 1.807) is 7.05 Å². The Morgan fingerprint density at radius 1 is 1.18 bits per heavy atom. The van der Waals surface area contributed by atoms with Crippen LogP contribution in [0.15, 0.2) is 30.3 Å². The van der Waals surface area contributed by atoms with Crippen molar-refractivity contribution >= 4 is 6.41 Å². The lowest BCUT2D eigenvalue weighted by atomic mass is 10.1. The molecule has 1 aromatic heterocycles. The number of nitrogens with zero attached hydrogens (tertiary/aromatic N) is 2. The Labute approximate surface area is 130 Å². The molecule has 118 valence electrons. The Morgan fingerprint density at radius 3 is 2.50 bits per heavy atom. The van der Waals surface area contributed by atoms with Crippen LogP contribution in [0.5, 0.6) is 0 Å². The second-order valence-electron chi connectivity index (χ2n) is 4.60. The minimum atomic E-state index is -0.322. The van der Waals surface area contributed by atoms with Gasteiger partial charge in [-0.15, -0.1) is 0 Å². The summed E-state index contributed by atoms with van der Waals surface area (Å²) in [5.74, 6) is 0.673. The SMILES string of the molecule is CNC(NC=O)c1cc(-c2cccc(C)c2)nc(C)n1.CO. The van der Waals surface area contributed by atoms with Gasteiger partial charge in [-0.2, -0.15) is 0 Å². The Bertz CT molecular complexity index is 617. The molecule has 6 nitrogen and oxygen atoms in total. The van der Waals surface area contributed by atoms with Crippen molar-refractivity contribution in [1.82, 2.24) is 20.6 Å². The third-order valence-electron chi connectivity index (χ3n) is 2.99. The highest BCUT2D eigenvalue weighted by Crippen LogP contribution is 2.20. The van der Waals surface area contributed by atoms with Crippen LogP contribution < -0.4 is 10.6 Å². The molecule has 0 bridgehead atoms. The van der Waals surface area contributed by atoms with E-state index in [1.165, 1.54) is 5.56 Å². The van der Waals surface area contributed by atoms with Gasteiger partial charge in [0.25, 0.3) is 0 Å². The molecule has 0 radical (unpaired) electrons. The number of aliphatic hydroxyl groups is 1. The van der Waals surface area contributed by atoms with Gasteiger partial charge in [-0.3, -0.25) is 10.1 Å². The standard InChI is InChI=1S/C15H18N4O.CH4O/c1-10-5-4-6-12(7-10)13-8-14(19-11(2)18-13)15(16-3)17-9-20;1-2/h4-9,15-16H,1-3H3,(H,17,20);2H,1H3. The molecule has 1 atom stereocenters. The molecular weight excluding hydrogens is 280 g/mol. The molecule has 2 aromatic rings. The monoisotopic (exact) mass is 302 g/mol. The molecule has 1 amide bonds. The topological polar surface area (TPSA) is 87.1 Å². The van der Waals surface area contributed by atoms with E-state index < -0.39 is 0 Å². The summed E-state index contributed by atoms with van der Waals surface area (Å²) < 4.78 is 0. The zero-order valence-corrected chi connectivity index (χ0v) is 13.3. The number of aliphatic hydroxyl groups excluding tert-OH is 1. The molecular formula is C16H22N4O2. The van der Waals surface area contributed by atoms with Crippen molar-refractivity contribution in [2.45, 2.75) is 20.0 Å². The van der Waals surface area contributed by atoms with Crippen LogP contribution in [0.25, 0.3) is 11.3 Å². The average molecular weight is 302 g/mol. The molecule has 0 fully saturated rings. The smallest absolute Gasteiger partial charge is 0.208 e. The second kappa shape index (κ2) is 8.86. The van der Waals surface area contributed by atoms with E-state index >= 15 is 0 Å². The Balaban J connectivity index is 0.00000116. The van der Waals surface area contributed by atoms with Crippen molar-refractivity contribution in [3.05, 3.63) is 47.4 Å². The first kappa shape index (κ1) is 17.7. The highest BCUT2D eigenvalue weighted by molar-refractivity contribution is 5.60. The van der Waals surface area contributed by atoms with E-state index in [-0.39, 0.29) is 6.17 Å². The Kier molecular flexibility index (Phi) is 7.15. The number of amides is 1. The fourth-order valence-corrected chi connectivity index (χ4v) is 2.08. The maximum atomic E-state index is 10.6. The second-order valence-corrected chi connectivity index (χ2v) is 4.60. The maximum absolute atomic E-state index is 10.6. The van der Waals surface area contributed by atoms with Gasteiger partial charge in [-0.05, 0) is 33.0 Å². The van der Waals surface area contributed by atoms with Crippen molar-refractivity contribution in [3.8, 4) is 11.3 Å². The number of aromatic nitrogens is 2. The predicted molar refractivity (Wildman–Crippen MR) is 86.1 cm³/mol. The van der Waals surface area contributed by atoms with Crippen LogP contribution in [0.1, 0.15) is 23.2 Å². The van der Waals surface area contributed by atoms with E-state index in [0.29, 0.717) is 12.2 Å². The van der Waals surface area contributed by atoms with Gasteiger partial charge in [-0.1, -0.05) is 23.8 Å². The lowest BCUT2D eigenvalue weighted by molar-refractivity contribution is -0.110. The first-order chi connectivity index (χ1) is 10.6. The summed E-state index contributed by atoms with van der Waals surface area (Å²) >= 11 is 0. The normalized spacial score (nSPS) is 11.1. The molecule has 0 aliphatic heterocycles. The molecule has 1 aromatic carbocycles. The first-order valence-corrected chi connectivity index (χ1v) is 6.88. The van der Waals surface area contributed by atoms with Crippen LogP contribution in [0.4, 0.5) is 0 Å². The average Bonchev–Trinajstić information content (AvgIpc) is 2.54. The van der Waals surface area contributed by atoms with E-state index in [9.17, 15) is 4.79 Å². The Morgan fingerprint density at radius 2 is 1.91 bits per heavy atom. The minimum absolute atomic E-state index is 0.322. The van der Waals surface area contributed by atoms with Crippen LogP contribution in [-0.2, 0) is 4.79 Å². The van der Waals surface area contributed by atoms with Gasteiger partial charge in [0, 0.05) is 12.7 Å². The van der Waals surface area contributed by atoms with Crippen LogP contribution in [0.3, 0.4) is 0 Å². The summed E-state index contributed by atoms with van der Waals surface area (Å²) in [6, 6.07) is 10.0. The van der Waals surface area contributed by atoms with Crippen LogP contribution in [0, 0.1) is 13.8 Å². The van der Waals surface area contributed by atoms with Gasteiger partial charge in [0.1, 0.15) is 12.0 Å². The van der Waals surface area contributed by atoms with E-state index in [4.69, 9.17) is 5.11 Å². The largest absolute Gasteiger partial charge is 0.400 e. The van der Waals surface area contributed by atoms with Crippen molar-refractivity contribution < 1.29 is 9.90 Å². The van der Waals surface area contributed by atoms with Crippen molar-refractivity contribution in [1.29, 1.82) is 0 Å². The highest BCUT2D eigenvalue weighted by atomic mass is 16.2. The molecule has 3 N–H and O–H groups in total. The van der Waals surface area contributed by atoms with E-state index in [1.807, 2.05) is 38.1 Å². The predicted octanol–water partition coefficient (Wildman–Crippen LogP) is 1.33. The van der Waals surface area contributed by atoms with E-state index in [2.05, 4.69) is 26.7 Å². The molecule has 0 saturated carbocycles. The summed E-state index contributed by atoms with van der Waals surface area (Å²) in [5, 5.41) is 12.7. The summed E-state index contributed by atoms with van der Waals surface area (Å²) in [4.78, 5) is 19.5. The number of nitrogens with one attached hydrogen (secondary N) is 2. The van der Waals surface area contributed by atoms with Gasteiger partial charge in [0.15, 0.2) is 0 Å². The summed E-state index contributed by atoms with van der Waals surface area (Å²) in [5.41, 5.74) is 3.81. The summed E-state index contributed by atoms with van der Waals surface area (Å²) in [6.07, 6.45) is 0.336. The maximum Gasteiger partial charge on any atom is 0.208 e. The number of benzene rings is 1. The molecule has 1 unspecified atom stereocenters. The third-order valence-corrected chi connectivity index (χ3v) is 2.99. The minimum Gasteiger partial charge on any atom is -0.400 e. The lowest BCUT2D eigenvalue weighted by Crippen LogP contribution is -2.31. The third kappa shape index (κ3) is 4.61. The van der Waals surface area contributed by atoms with Gasteiger partial charge >= 0.3 is 0 Å². The van der Waals surface area contributed by atoms with Gasteiger partial charge < -0.3 is 10.4 Å². The highest BCUT2D eigenvalue weighted by Gasteiger charge is 2.12. The van der Waals surface area contributed by atoms with Gasteiger partial charge in [0.2, 0.25) is 6.41 Å². The number of carbonyl (C=O) groups excluding carboxylic acids is 1. The van der Waals surface area contributed by atoms with Crippen molar-refractivity contribution in [2.75, 3.05) is 14.2 Å². The van der Waals surface area contributed by atoms with Gasteiger partial charge in [0.05, 0.1) is 11.4 Å². The summed E-state index contributed by atoms with van der Waals surface area (Å²) in [7, 11) is 2.77. The summed E-state index contributed by atoms with van der Waals surface area (Å²) in [6.45, 7) is 3.89.